The summed E-state index contributed by atoms with van der Waals surface area (Å²) in [6, 6.07) is 9.50. The smallest absolute Gasteiger partial charge is 0.103 e. The van der Waals surface area contributed by atoms with Crippen molar-refractivity contribution in [1.82, 2.24) is 9.80 Å². The molecule has 0 aromatic heterocycles. The van der Waals surface area contributed by atoms with Crippen LogP contribution in [0.15, 0.2) is 24.3 Å². The molecule has 2 atom stereocenters. The number of nitrogens with two attached hydrogens (primary N) is 1. The fraction of sp³-hybridized carbons (Fsp3) is 0.533. The minimum Gasteiger partial charge on any atom is -0.389 e. The second-order valence-corrected chi connectivity index (χ2v) is 6.06. The van der Waals surface area contributed by atoms with E-state index < -0.39 is 0 Å². The van der Waals surface area contributed by atoms with Crippen molar-refractivity contribution in [2.24, 2.45) is 5.73 Å². The third kappa shape index (κ3) is 3.53. The molecular weight excluding hydrogens is 254 g/mol. The van der Waals surface area contributed by atoms with Crippen LogP contribution >= 0.6 is 12.2 Å². The Hall–Kier alpha value is -0.970. The summed E-state index contributed by atoms with van der Waals surface area (Å²) < 4.78 is 0. The number of nitrogens with zero attached hydrogens (tertiary/aromatic N) is 2. The van der Waals surface area contributed by atoms with Gasteiger partial charge in [0.2, 0.25) is 0 Å². The molecule has 1 fully saturated rings. The highest BCUT2D eigenvalue weighted by Crippen LogP contribution is 2.16. The molecule has 1 aliphatic rings. The second kappa shape index (κ2) is 5.99. The fourth-order valence-electron chi connectivity index (χ4n) is 2.68. The quantitative estimate of drug-likeness (QED) is 0.855. The third-order valence-electron chi connectivity index (χ3n) is 4.08. The summed E-state index contributed by atoms with van der Waals surface area (Å²) in [5.41, 5.74) is 7.88. The van der Waals surface area contributed by atoms with E-state index in [1.807, 2.05) is 12.1 Å². The van der Waals surface area contributed by atoms with Crippen LogP contribution in [0.2, 0.25) is 0 Å². The molecule has 2 N–H and O–H groups in total. The predicted octanol–water partition coefficient (Wildman–Crippen LogP) is 1.85. The van der Waals surface area contributed by atoms with Crippen molar-refractivity contribution in [2.75, 3.05) is 20.1 Å². The number of rotatable bonds is 3. The molecule has 1 saturated heterocycles. The van der Waals surface area contributed by atoms with Gasteiger partial charge in [0.15, 0.2) is 0 Å². The molecule has 0 aliphatic carbocycles. The third-order valence-corrected chi connectivity index (χ3v) is 4.32. The van der Waals surface area contributed by atoms with Crippen molar-refractivity contribution in [3.05, 3.63) is 35.4 Å². The fourth-order valence-corrected chi connectivity index (χ4v) is 2.81. The molecular formula is C15H23N3S. The lowest BCUT2D eigenvalue weighted by Gasteiger charge is -2.42. The molecule has 1 aromatic carbocycles. The number of thiocarbonyl (C=S) groups is 1. The van der Waals surface area contributed by atoms with Crippen LogP contribution in [0.5, 0.6) is 0 Å². The first kappa shape index (κ1) is 14.4. The highest BCUT2D eigenvalue weighted by atomic mass is 32.1. The van der Waals surface area contributed by atoms with Gasteiger partial charge in [-0.2, -0.15) is 0 Å². The summed E-state index contributed by atoms with van der Waals surface area (Å²) in [6.07, 6.45) is 0. The van der Waals surface area contributed by atoms with E-state index >= 15 is 0 Å². The van der Waals surface area contributed by atoms with Gasteiger partial charge in [-0.25, -0.2) is 0 Å². The van der Waals surface area contributed by atoms with Gasteiger partial charge in [0.25, 0.3) is 0 Å². The van der Waals surface area contributed by atoms with Gasteiger partial charge in [0.05, 0.1) is 0 Å². The Morgan fingerprint density at radius 2 is 1.74 bits per heavy atom. The lowest BCUT2D eigenvalue weighted by atomic mass is 10.1. The van der Waals surface area contributed by atoms with Crippen LogP contribution in [0, 0.1) is 0 Å². The Bertz CT molecular complexity index is 431. The molecule has 2 unspecified atom stereocenters. The summed E-state index contributed by atoms with van der Waals surface area (Å²) >= 11 is 4.97. The molecule has 0 radical (unpaired) electrons. The van der Waals surface area contributed by atoms with Crippen LogP contribution in [0.4, 0.5) is 0 Å². The molecule has 19 heavy (non-hydrogen) atoms. The van der Waals surface area contributed by atoms with Crippen molar-refractivity contribution in [1.29, 1.82) is 0 Å². The summed E-state index contributed by atoms with van der Waals surface area (Å²) in [4.78, 5) is 5.44. The normalized spacial score (nSPS) is 25.4. The molecule has 1 aliphatic heterocycles. The van der Waals surface area contributed by atoms with E-state index in [2.05, 4.69) is 42.8 Å². The Balaban J connectivity index is 1.99. The molecule has 1 heterocycles. The second-order valence-electron chi connectivity index (χ2n) is 5.62. The lowest BCUT2D eigenvalue weighted by Crippen LogP contribution is -2.54. The first-order valence-electron chi connectivity index (χ1n) is 6.80. The summed E-state index contributed by atoms with van der Waals surface area (Å²) in [6.45, 7) is 7.83. The average molecular weight is 277 g/mol. The minimum absolute atomic E-state index is 0.466. The Morgan fingerprint density at radius 3 is 2.21 bits per heavy atom. The van der Waals surface area contributed by atoms with Gasteiger partial charge in [0, 0.05) is 37.3 Å². The van der Waals surface area contributed by atoms with E-state index in [1.54, 1.807) is 0 Å². The number of hydrogen-bond acceptors (Lipinski definition) is 3. The Labute approximate surface area is 121 Å². The zero-order valence-electron chi connectivity index (χ0n) is 12.0. The van der Waals surface area contributed by atoms with Gasteiger partial charge in [-0.3, -0.25) is 9.80 Å². The van der Waals surface area contributed by atoms with Gasteiger partial charge in [-0.15, -0.1) is 0 Å². The molecule has 4 heteroatoms. The molecule has 0 bridgehead atoms. The summed E-state index contributed by atoms with van der Waals surface area (Å²) in [7, 11) is 2.21. The number of hydrogen-bond donors (Lipinski definition) is 1. The van der Waals surface area contributed by atoms with Gasteiger partial charge in [-0.05, 0) is 26.5 Å². The van der Waals surface area contributed by atoms with Crippen LogP contribution in [-0.2, 0) is 6.54 Å². The Kier molecular flexibility index (Phi) is 4.55. The maximum atomic E-state index is 5.62. The number of piperazine rings is 1. The predicted molar refractivity (Wildman–Crippen MR) is 84.3 cm³/mol. The van der Waals surface area contributed by atoms with Crippen LogP contribution < -0.4 is 5.73 Å². The highest BCUT2D eigenvalue weighted by Gasteiger charge is 2.26. The van der Waals surface area contributed by atoms with Crippen LogP contribution in [0.3, 0.4) is 0 Å². The standard InChI is InChI=1S/C15H23N3S/c1-11-8-18(9-12(2)17(11)3)10-13-4-6-14(7-5-13)15(16)19/h4-7,11-12H,8-10H2,1-3H3,(H2,16,19). The van der Waals surface area contributed by atoms with Gasteiger partial charge >= 0.3 is 0 Å². The van der Waals surface area contributed by atoms with Crippen LogP contribution in [0.25, 0.3) is 0 Å². The number of benzene rings is 1. The van der Waals surface area contributed by atoms with E-state index in [1.165, 1.54) is 5.56 Å². The van der Waals surface area contributed by atoms with Gasteiger partial charge < -0.3 is 5.73 Å². The van der Waals surface area contributed by atoms with E-state index in [-0.39, 0.29) is 0 Å². The molecule has 0 amide bonds. The number of likely N-dealkylation sites (N-methyl/N-ethyl adjacent to an activating group) is 1. The zero-order valence-corrected chi connectivity index (χ0v) is 12.8. The van der Waals surface area contributed by atoms with Crippen molar-refractivity contribution < 1.29 is 0 Å². The summed E-state index contributed by atoms with van der Waals surface area (Å²) in [5.74, 6) is 0. The van der Waals surface area contributed by atoms with E-state index in [4.69, 9.17) is 18.0 Å². The van der Waals surface area contributed by atoms with Crippen molar-refractivity contribution in [3.63, 3.8) is 0 Å². The van der Waals surface area contributed by atoms with Crippen molar-refractivity contribution in [3.8, 4) is 0 Å². The highest BCUT2D eigenvalue weighted by molar-refractivity contribution is 7.80. The molecule has 104 valence electrons. The van der Waals surface area contributed by atoms with Crippen LogP contribution in [-0.4, -0.2) is 47.0 Å². The van der Waals surface area contributed by atoms with Gasteiger partial charge in [0.1, 0.15) is 4.99 Å². The van der Waals surface area contributed by atoms with E-state index in [9.17, 15) is 0 Å². The summed E-state index contributed by atoms with van der Waals surface area (Å²) in [5, 5.41) is 0. The topological polar surface area (TPSA) is 32.5 Å². The maximum absolute atomic E-state index is 5.62. The Morgan fingerprint density at radius 1 is 1.21 bits per heavy atom. The molecule has 2 rings (SSSR count). The maximum Gasteiger partial charge on any atom is 0.103 e. The molecule has 0 spiro atoms. The molecule has 0 saturated carbocycles. The lowest BCUT2D eigenvalue weighted by molar-refractivity contribution is 0.0556. The average Bonchev–Trinajstić information content (AvgIpc) is 2.36. The van der Waals surface area contributed by atoms with Crippen molar-refractivity contribution >= 4 is 17.2 Å². The molecule has 1 aromatic rings. The van der Waals surface area contributed by atoms with Crippen LogP contribution in [0.1, 0.15) is 25.0 Å². The van der Waals surface area contributed by atoms with Gasteiger partial charge in [-0.1, -0.05) is 36.5 Å². The largest absolute Gasteiger partial charge is 0.389 e. The zero-order chi connectivity index (χ0) is 14.0. The first-order chi connectivity index (χ1) is 8.97. The van der Waals surface area contributed by atoms with Crippen molar-refractivity contribution in [2.45, 2.75) is 32.5 Å². The van der Waals surface area contributed by atoms with E-state index in [0.29, 0.717) is 17.1 Å². The molecule has 3 nitrogen and oxygen atoms in total. The SMILES string of the molecule is CC1CN(Cc2ccc(C(N)=S)cc2)CC(C)N1C. The monoisotopic (exact) mass is 277 g/mol. The first-order valence-corrected chi connectivity index (χ1v) is 7.21. The minimum atomic E-state index is 0.466. The van der Waals surface area contributed by atoms with E-state index in [0.717, 1.165) is 25.2 Å².